The normalized spacial score (nSPS) is 12.1. The first-order chi connectivity index (χ1) is 28.7. The zero-order valence-electron chi connectivity index (χ0n) is 30.7. The molecule has 8 aromatic carbocycles. The molecule has 0 saturated carbocycles. The van der Waals surface area contributed by atoms with Gasteiger partial charge >= 0.3 is 0 Å². The Kier molecular flexibility index (Phi) is 6.35. The highest BCUT2D eigenvalue weighted by Crippen LogP contribution is 2.43. The van der Waals surface area contributed by atoms with Crippen molar-refractivity contribution in [3.05, 3.63) is 170 Å². The van der Waals surface area contributed by atoms with E-state index in [0.717, 1.165) is 116 Å². The summed E-state index contributed by atoms with van der Waals surface area (Å²) in [5, 5.41) is 7.16. The molecular weight excluding hydrogens is 717 g/mol. The Bertz CT molecular complexity index is 3810. The van der Waals surface area contributed by atoms with Crippen LogP contribution >= 0.6 is 0 Å². The van der Waals surface area contributed by atoms with Crippen molar-refractivity contribution in [2.75, 3.05) is 0 Å². The first-order valence-electron chi connectivity index (χ1n) is 19.3. The van der Waals surface area contributed by atoms with Gasteiger partial charge in [-0.25, -0.2) is 9.97 Å². The summed E-state index contributed by atoms with van der Waals surface area (Å²) in [7, 11) is 0. The third-order valence-corrected chi connectivity index (χ3v) is 11.5. The van der Waals surface area contributed by atoms with Crippen molar-refractivity contribution in [2.45, 2.75) is 0 Å². The molecule has 270 valence electrons. The third-order valence-electron chi connectivity index (χ3n) is 11.5. The van der Waals surface area contributed by atoms with Gasteiger partial charge in [0.1, 0.15) is 50.3 Å². The number of hydrogen-bond donors (Lipinski definition) is 0. The van der Waals surface area contributed by atoms with Crippen LogP contribution in [-0.2, 0) is 0 Å². The summed E-state index contributed by atoms with van der Waals surface area (Å²) in [6, 6.07) is 58.0. The molecule has 0 amide bonds. The average Bonchev–Trinajstić information content (AvgIpc) is 4.05. The number of para-hydroxylation sites is 2. The number of furan rings is 4. The van der Waals surface area contributed by atoms with Gasteiger partial charge in [-0.2, -0.15) is 0 Å². The van der Waals surface area contributed by atoms with E-state index in [4.69, 9.17) is 27.6 Å². The molecule has 0 N–H and O–H groups in total. The van der Waals surface area contributed by atoms with E-state index in [1.54, 1.807) is 0 Å². The van der Waals surface area contributed by atoms with E-state index in [0.29, 0.717) is 17.1 Å². The predicted molar refractivity (Wildman–Crippen MR) is 233 cm³/mol. The van der Waals surface area contributed by atoms with E-state index < -0.39 is 0 Å². The van der Waals surface area contributed by atoms with Crippen molar-refractivity contribution in [3.63, 3.8) is 0 Å². The van der Waals surface area contributed by atoms with Gasteiger partial charge in [0.2, 0.25) is 0 Å². The molecule has 0 saturated heterocycles. The lowest BCUT2D eigenvalue weighted by atomic mass is 9.99. The lowest BCUT2D eigenvalue weighted by Gasteiger charge is -2.08. The minimum atomic E-state index is 0.576. The summed E-state index contributed by atoms with van der Waals surface area (Å²) in [6.07, 6.45) is 0. The molecule has 13 rings (SSSR count). The fourth-order valence-corrected chi connectivity index (χ4v) is 8.74. The van der Waals surface area contributed by atoms with Gasteiger partial charge in [0.25, 0.3) is 0 Å². The monoisotopic (exact) mass is 744 g/mol. The molecule has 5 heterocycles. The number of hydrogen-bond acceptors (Lipinski definition) is 6. The van der Waals surface area contributed by atoms with Gasteiger partial charge in [0, 0.05) is 48.8 Å². The smallest absolute Gasteiger partial charge is 0.180 e. The molecule has 13 aromatic rings. The van der Waals surface area contributed by atoms with Crippen molar-refractivity contribution in [1.82, 2.24) is 9.97 Å². The van der Waals surface area contributed by atoms with Crippen LogP contribution in [0.15, 0.2) is 188 Å². The van der Waals surface area contributed by atoms with Crippen LogP contribution in [0.5, 0.6) is 0 Å². The quantitative estimate of drug-likeness (QED) is 0.179. The van der Waals surface area contributed by atoms with E-state index in [9.17, 15) is 0 Å². The number of nitrogens with zero attached hydrogens (tertiary/aromatic N) is 2. The van der Waals surface area contributed by atoms with Crippen molar-refractivity contribution >= 4 is 87.9 Å². The number of benzene rings is 8. The molecule has 0 unspecified atom stereocenters. The Morgan fingerprint density at radius 1 is 0.310 bits per heavy atom. The molecule has 6 nitrogen and oxygen atoms in total. The largest absolute Gasteiger partial charge is 0.456 e. The molecule has 0 atom stereocenters. The molecule has 58 heavy (non-hydrogen) atoms. The summed E-state index contributed by atoms with van der Waals surface area (Å²) in [4.78, 5) is 10.7. The van der Waals surface area contributed by atoms with Crippen molar-refractivity contribution in [3.8, 4) is 44.9 Å². The Balaban J connectivity index is 1.04. The molecule has 0 aliphatic heterocycles. The first kappa shape index (κ1) is 31.3. The highest BCUT2D eigenvalue weighted by Gasteiger charge is 2.22. The Labute approximate surface area is 329 Å². The second kappa shape index (κ2) is 11.8. The molecular formula is C52H28N2O4. The highest BCUT2D eigenvalue weighted by molar-refractivity contribution is 6.15. The fraction of sp³-hybridized carbons (Fsp3) is 0. The predicted octanol–water partition coefficient (Wildman–Crippen LogP) is 14.7. The maximum atomic E-state index is 6.74. The van der Waals surface area contributed by atoms with Crippen LogP contribution in [0.4, 0.5) is 0 Å². The first-order valence-corrected chi connectivity index (χ1v) is 19.3. The SMILES string of the molecule is c1ccc(-c2ccc3c(c2)oc2c(-c4ccc5c(c4)oc4ccccc45)nc(-c4cccc5oc6ccc(-c7ccc8oc9ccccc9c8c7)cc6c45)nc23)cc1. The van der Waals surface area contributed by atoms with Crippen molar-refractivity contribution in [1.29, 1.82) is 0 Å². The van der Waals surface area contributed by atoms with Crippen LogP contribution in [-0.4, -0.2) is 9.97 Å². The van der Waals surface area contributed by atoms with Crippen molar-refractivity contribution in [2.24, 2.45) is 0 Å². The van der Waals surface area contributed by atoms with Gasteiger partial charge in [0.15, 0.2) is 11.4 Å². The number of rotatable bonds is 4. The van der Waals surface area contributed by atoms with Crippen LogP contribution in [0, 0.1) is 0 Å². The van der Waals surface area contributed by atoms with E-state index >= 15 is 0 Å². The van der Waals surface area contributed by atoms with Gasteiger partial charge in [-0.05, 0) is 89.0 Å². The summed E-state index contributed by atoms with van der Waals surface area (Å²) in [5.41, 5.74) is 13.8. The summed E-state index contributed by atoms with van der Waals surface area (Å²) in [5.74, 6) is 0.576. The molecule has 6 heteroatoms. The van der Waals surface area contributed by atoms with E-state index in [-0.39, 0.29) is 0 Å². The fourth-order valence-electron chi connectivity index (χ4n) is 8.74. The second-order valence-corrected chi connectivity index (χ2v) is 14.9. The maximum absolute atomic E-state index is 6.74. The minimum Gasteiger partial charge on any atom is -0.456 e. The van der Waals surface area contributed by atoms with E-state index in [1.807, 2.05) is 66.7 Å². The van der Waals surface area contributed by atoms with Crippen LogP contribution in [0.3, 0.4) is 0 Å². The molecule has 0 aliphatic rings. The topological polar surface area (TPSA) is 78.3 Å². The lowest BCUT2D eigenvalue weighted by molar-refractivity contribution is 0.666. The molecule has 0 spiro atoms. The minimum absolute atomic E-state index is 0.576. The zero-order chi connectivity index (χ0) is 37.9. The Morgan fingerprint density at radius 3 is 1.69 bits per heavy atom. The standard InChI is InChI=1S/C52H28N2O4/c1-2-9-29(10-3-1)32-17-22-37-47(27-32)58-51-49(33-18-21-36-34-11-4-6-14-41(34)57-46(36)28-33)53-52(54-50(37)51)38-13-8-16-45-48(38)40-26-31(20-24-44(40)56-45)30-19-23-43-39(25-30)35-12-5-7-15-42(35)55-43/h1-28H. The van der Waals surface area contributed by atoms with Crippen LogP contribution in [0.1, 0.15) is 0 Å². The second-order valence-electron chi connectivity index (χ2n) is 14.9. The maximum Gasteiger partial charge on any atom is 0.180 e. The molecule has 0 bridgehead atoms. The third kappa shape index (κ3) is 4.60. The molecule has 0 radical (unpaired) electrons. The molecule has 5 aromatic heterocycles. The average molecular weight is 745 g/mol. The Morgan fingerprint density at radius 2 is 0.862 bits per heavy atom. The molecule has 0 aliphatic carbocycles. The number of fused-ring (bicyclic) bond motifs is 12. The Hall–Kier alpha value is -7.96. The van der Waals surface area contributed by atoms with E-state index in [1.165, 1.54) is 0 Å². The van der Waals surface area contributed by atoms with Crippen LogP contribution in [0.25, 0.3) is 133 Å². The van der Waals surface area contributed by atoms with Gasteiger partial charge in [0.05, 0.1) is 0 Å². The highest BCUT2D eigenvalue weighted by atomic mass is 16.3. The van der Waals surface area contributed by atoms with Crippen LogP contribution < -0.4 is 0 Å². The zero-order valence-corrected chi connectivity index (χ0v) is 30.7. The van der Waals surface area contributed by atoms with E-state index in [2.05, 4.69) is 103 Å². The van der Waals surface area contributed by atoms with Crippen LogP contribution in [0.2, 0.25) is 0 Å². The van der Waals surface area contributed by atoms with Gasteiger partial charge in [-0.1, -0.05) is 103 Å². The summed E-state index contributed by atoms with van der Waals surface area (Å²) >= 11 is 0. The van der Waals surface area contributed by atoms with Gasteiger partial charge in [-0.3, -0.25) is 0 Å². The van der Waals surface area contributed by atoms with Gasteiger partial charge < -0.3 is 17.7 Å². The molecule has 0 fully saturated rings. The summed E-state index contributed by atoms with van der Waals surface area (Å²) < 4.78 is 25.7. The number of aromatic nitrogens is 2. The summed E-state index contributed by atoms with van der Waals surface area (Å²) in [6.45, 7) is 0. The van der Waals surface area contributed by atoms with Gasteiger partial charge in [-0.15, -0.1) is 0 Å². The lowest BCUT2D eigenvalue weighted by Crippen LogP contribution is -1.94. The van der Waals surface area contributed by atoms with Crippen molar-refractivity contribution < 1.29 is 17.7 Å².